The van der Waals surface area contributed by atoms with Crippen molar-refractivity contribution in [2.24, 2.45) is 0 Å². The van der Waals surface area contributed by atoms with E-state index in [1.54, 1.807) is 24.3 Å². The van der Waals surface area contributed by atoms with Gasteiger partial charge in [-0.25, -0.2) is 9.02 Å². The van der Waals surface area contributed by atoms with Crippen LogP contribution >= 0.6 is 0 Å². The van der Waals surface area contributed by atoms with E-state index in [0.717, 1.165) is 0 Å². The molecule has 0 saturated heterocycles. The van der Waals surface area contributed by atoms with E-state index < -0.39 is 0 Å². The fraction of sp³-hybridized carbons (Fsp3) is 0.118. The SMILES string of the molecule is CCOc1cccc(C(=O)Nc2nonc2-c2ccc(F)cc2)c1. The van der Waals surface area contributed by atoms with Crippen LogP contribution in [-0.2, 0) is 0 Å². The molecular weight excluding hydrogens is 313 g/mol. The van der Waals surface area contributed by atoms with Gasteiger partial charge in [-0.2, -0.15) is 0 Å². The second kappa shape index (κ2) is 6.91. The molecule has 0 radical (unpaired) electrons. The summed E-state index contributed by atoms with van der Waals surface area (Å²) in [6, 6.07) is 12.4. The van der Waals surface area contributed by atoms with Gasteiger partial charge in [0.1, 0.15) is 11.6 Å². The van der Waals surface area contributed by atoms with E-state index in [1.807, 2.05) is 6.92 Å². The third-order valence-electron chi connectivity index (χ3n) is 3.25. The van der Waals surface area contributed by atoms with Gasteiger partial charge in [0.15, 0.2) is 5.69 Å². The van der Waals surface area contributed by atoms with Crippen molar-refractivity contribution in [1.82, 2.24) is 10.3 Å². The van der Waals surface area contributed by atoms with Gasteiger partial charge >= 0.3 is 0 Å². The van der Waals surface area contributed by atoms with Crippen molar-refractivity contribution in [3.8, 4) is 17.0 Å². The average molecular weight is 327 g/mol. The van der Waals surface area contributed by atoms with Crippen molar-refractivity contribution in [3.05, 3.63) is 59.9 Å². The van der Waals surface area contributed by atoms with Crippen LogP contribution in [0, 0.1) is 5.82 Å². The van der Waals surface area contributed by atoms with Gasteiger partial charge < -0.3 is 10.1 Å². The molecule has 0 unspecified atom stereocenters. The van der Waals surface area contributed by atoms with Crippen molar-refractivity contribution >= 4 is 11.7 Å². The van der Waals surface area contributed by atoms with Gasteiger partial charge in [-0.15, -0.1) is 0 Å². The molecule has 0 saturated carbocycles. The number of carbonyl (C=O) groups is 1. The Morgan fingerprint density at radius 2 is 2.00 bits per heavy atom. The summed E-state index contributed by atoms with van der Waals surface area (Å²) in [5.74, 6) is 0.0137. The van der Waals surface area contributed by atoms with Crippen LogP contribution in [0.3, 0.4) is 0 Å². The molecule has 2 aromatic carbocycles. The number of rotatable bonds is 5. The normalized spacial score (nSPS) is 10.4. The minimum absolute atomic E-state index is 0.161. The van der Waals surface area contributed by atoms with Crippen LogP contribution in [0.15, 0.2) is 53.2 Å². The number of hydrogen-bond donors (Lipinski definition) is 1. The Labute approximate surface area is 137 Å². The van der Waals surface area contributed by atoms with Crippen LogP contribution in [0.4, 0.5) is 10.2 Å². The maximum atomic E-state index is 13.0. The highest BCUT2D eigenvalue weighted by Gasteiger charge is 2.16. The quantitative estimate of drug-likeness (QED) is 0.776. The molecule has 6 nitrogen and oxygen atoms in total. The summed E-state index contributed by atoms with van der Waals surface area (Å²) in [6.45, 7) is 2.37. The monoisotopic (exact) mass is 327 g/mol. The third-order valence-corrected chi connectivity index (χ3v) is 3.25. The minimum Gasteiger partial charge on any atom is -0.494 e. The fourth-order valence-corrected chi connectivity index (χ4v) is 2.14. The Morgan fingerprint density at radius 3 is 2.75 bits per heavy atom. The lowest BCUT2D eigenvalue weighted by Gasteiger charge is -2.06. The van der Waals surface area contributed by atoms with Crippen LogP contribution in [0.25, 0.3) is 11.3 Å². The molecule has 7 heteroatoms. The Kier molecular flexibility index (Phi) is 4.51. The Balaban J connectivity index is 1.82. The molecule has 1 amide bonds. The van der Waals surface area contributed by atoms with Gasteiger partial charge in [-0.05, 0) is 59.7 Å². The fourth-order valence-electron chi connectivity index (χ4n) is 2.14. The van der Waals surface area contributed by atoms with Gasteiger partial charge in [-0.1, -0.05) is 6.07 Å². The number of ether oxygens (including phenoxy) is 1. The summed E-state index contributed by atoms with van der Waals surface area (Å²) in [5.41, 5.74) is 1.31. The summed E-state index contributed by atoms with van der Waals surface area (Å²) in [6.07, 6.45) is 0. The van der Waals surface area contributed by atoms with Crippen molar-refractivity contribution in [1.29, 1.82) is 0 Å². The molecular formula is C17H14FN3O3. The van der Waals surface area contributed by atoms with E-state index in [-0.39, 0.29) is 17.5 Å². The Hall–Kier alpha value is -3.22. The highest BCUT2D eigenvalue weighted by atomic mass is 19.1. The number of nitrogens with zero attached hydrogens (tertiary/aromatic N) is 2. The standard InChI is InChI=1S/C17H14FN3O3/c1-2-23-14-5-3-4-12(10-14)17(22)19-16-15(20-24-21-16)11-6-8-13(18)9-7-11/h3-10H,2H2,1H3,(H,19,21,22). The highest BCUT2D eigenvalue weighted by molar-refractivity contribution is 6.05. The lowest BCUT2D eigenvalue weighted by molar-refractivity contribution is 0.102. The molecule has 0 aliphatic rings. The first-order valence-electron chi connectivity index (χ1n) is 7.30. The van der Waals surface area contributed by atoms with Crippen LogP contribution in [-0.4, -0.2) is 22.8 Å². The Bertz CT molecular complexity index is 846. The predicted molar refractivity (Wildman–Crippen MR) is 85.3 cm³/mol. The lowest BCUT2D eigenvalue weighted by Crippen LogP contribution is -2.13. The van der Waals surface area contributed by atoms with E-state index in [1.165, 1.54) is 24.3 Å². The van der Waals surface area contributed by atoms with Gasteiger partial charge in [0.05, 0.1) is 6.61 Å². The van der Waals surface area contributed by atoms with E-state index >= 15 is 0 Å². The molecule has 0 atom stereocenters. The zero-order valence-electron chi connectivity index (χ0n) is 12.8. The van der Waals surface area contributed by atoms with E-state index in [4.69, 9.17) is 9.37 Å². The van der Waals surface area contributed by atoms with Crippen molar-refractivity contribution in [2.45, 2.75) is 6.92 Å². The molecule has 122 valence electrons. The summed E-state index contributed by atoms with van der Waals surface area (Å²) in [7, 11) is 0. The highest BCUT2D eigenvalue weighted by Crippen LogP contribution is 2.25. The zero-order chi connectivity index (χ0) is 16.9. The summed E-state index contributed by atoms with van der Waals surface area (Å²) in [4.78, 5) is 12.4. The number of hydrogen-bond acceptors (Lipinski definition) is 5. The van der Waals surface area contributed by atoms with Crippen LogP contribution in [0.2, 0.25) is 0 Å². The average Bonchev–Trinajstić information content (AvgIpc) is 3.04. The van der Waals surface area contributed by atoms with Gasteiger partial charge in [-0.3, -0.25) is 4.79 Å². The summed E-state index contributed by atoms with van der Waals surface area (Å²) < 4.78 is 23.1. The number of aromatic nitrogens is 2. The van der Waals surface area contributed by atoms with E-state index in [2.05, 4.69) is 15.6 Å². The molecule has 3 aromatic rings. The topological polar surface area (TPSA) is 77.2 Å². The van der Waals surface area contributed by atoms with Crippen LogP contribution < -0.4 is 10.1 Å². The molecule has 1 heterocycles. The molecule has 1 N–H and O–H groups in total. The first-order chi connectivity index (χ1) is 11.7. The van der Waals surface area contributed by atoms with Crippen molar-refractivity contribution in [3.63, 3.8) is 0 Å². The molecule has 0 aliphatic heterocycles. The number of carbonyl (C=O) groups excluding carboxylic acids is 1. The third kappa shape index (κ3) is 3.40. The number of benzene rings is 2. The van der Waals surface area contributed by atoms with E-state index in [9.17, 15) is 9.18 Å². The first kappa shape index (κ1) is 15.7. The lowest BCUT2D eigenvalue weighted by atomic mass is 10.1. The Morgan fingerprint density at radius 1 is 1.21 bits per heavy atom. The van der Waals surface area contributed by atoms with Crippen molar-refractivity contribution < 1.29 is 18.6 Å². The summed E-state index contributed by atoms with van der Waals surface area (Å²) >= 11 is 0. The van der Waals surface area contributed by atoms with Crippen molar-refractivity contribution in [2.75, 3.05) is 11.9 Å². The number of amides is 1. The molecule has 0 bridgehead atoms. The van der Waals surface area contributed by atoms with Crippen LogP contribution in [0.5, 0.6) is 5.75 Å². The molecule has 24 heavy (non-hydrogen) atoms. The maximum absolute atomic E-state index is 13.0. The van der Waals surface area contributed by atoms with Gasteiger partial charge in [0.2, 0.25) is 5.82 Å². The smallest absolute Gasteiger partial charge is 0.257 e. The molecule has 0 aliphatic carbocycles. The maximum Gasteiger partial charge on any atom is 0.257 e. The molecule has 1 aromatic heterocycles. The van der Waals surface area contributed by atoms with Gasteiger partial charge in [0.25, 0.3) is 5.91 Å². The van der Waals surface area contributed by atoms with E-state index in [0.29, 0.717) is 29.2 Å². The summed E-state index contributed by atoms with van der Waals surface area (Å²) in [5, 5.41) is 10.1. The molecule has 3 rings (SSSR count). The first-order valence-corrected chi connectivity index (χ1v) is 7.30. The number of nitrogens with one attached hydrogen (secondary N) is 1. The molecule has 0 spiro atoms. The molecule has 0 fully saturated rings. The van der Waals surface area contributed by atoms with Gasteiger partial charge in [0, 0.05) is 11.1 Å². The second-order valence-electron chi connectivity index (χ2n) is 4.88. The second-order valence-corrected chi connectivity index (χ2v) is 4.88. The largest absolute Gasteiger partial charge is 0.494 e. The number of anilines is 1. The van der Waals surface area contributed by atoms with Crippen LogP contribution in [0.1, 0.15) is 17.3 Å². The minimum atomic E-state index is -0.379. The zero-order valence-corrected chi connectivity index (χ0v) is 12.8. The predicted octanol–water partition coefficient (Wildman–Crippen LogP) is 3.53. The number of halogens is 1.